The van der Waals surface area contributed by atoms with E-state index in [9.17, 15) is 9.59 Å². The van der Waals surface area contributed by atoms with Gasteiger partial charge in [0, 0.05) is 160 Å². The van der Waals surface area contributed by atoms with Crippen LogP contribution in [-0.4, -0.2) is 173 Å². The van der Waals surface area contributed by atoms with E-state index in [1.165, 1.54) is 19.8 Å². The minimum atomic E-state index is -0.506. The third kappa shape index (κ3) is 29.2. The largest absolute Gasteiger partial charge is 0.497 e. The Morgan fingerprint density at radius 3 is 0.902 bits per heavy atom. The summed E-state index contributed by atoms with van der Waals surface area (Å²) in [7, 11) is 7.62. The summed E-state index contributed by atoms with van der Waals surface area (Å²) in [5, 5.41) is 9.91. The molecule has 0 atom stereocenters. The molecule has 0 bridgehead atoms. The Kier molecular flexibility index (Phi) is 34.8. The highest BCUT2D eigenvalue weighted by Gasteiger charge is 2.21. The van der Waals surface area contributed by atoms with Gasteiger partial charge in [0.1, 0.15) is 28.6 Å². The molecular formula is C81H86N10O11. The molecule has 0 radical (unpaired) electrons. The highest BCUT2D eigenvalue weighted by molar-refractivity contribution is 5.88. The van der Waals surface area contributed by atoms with Gasteiger partial charge in [-0.2, -0.15) is 19.2 Å². The van der Waals surface area contributed by atoms with Crippen LogP contribution in [0.2, 0.25) is 0 Å². The third-order valence-corrected chi connectivity index (χ3v) is 15.4. The van der Waals surface area contributed by atoms with E-state index in [-0.39, 0.29) is 23.7 Å². The molecule has 8 aromatic rings. The minimum Gasteiger partial charge on any atom is -0.497 e. The molecule has 526 valence electrons. The maximum Gasteiger partial charge on any atom is 0.373 e. The molecule has 102 heavy (non-hydrogen) atoms. The number of carbonyl (C=O) groups is 2. The first-order chi connectivity index (χ1) is 49.6. The SMILES string of the molecule is C1CNCCNCCN1.CCc1cc(C#Cc2ccc(OC)cc2)cc(C(=O)OC)n1.COC(=O)c1cc(C#Cc2ccc(OC)cc2)cc(CN2CCN(Cc3cc(C#Cc4ccc(C)cc4)cc(C)n3)CCN(Cc3cc(C#Cc4ccc(OC)cc4)cc(C)n3)CC2)n1.O=C=O.O=C=O. The molecule has 0 aliphatic carbocycles. The van der Waals surface area contributed by atoms with Gasteiger partial charge in [0.05, 0.1) is 52.6 Å². The summed E-state index contributed by atoms with van der Waals surface area (Å²) in [6, 6.07) is 46.5. The van der Waals surface area contributed by atoms with Gasteiger partial charge in [0.2, 0.25) is 0 Å². The number of ether oxygens (including phenoxy) is 5. The number of benzene rings is 4. The van der Waals surface area contributed by atoms with Gasteiger partial charge in [-0.15, -0.1) is 0 Å². The van der Waals surface area contributed by atoms with E-state index in [0.717, 1.165) is 175 Å². The summed E-state index contributed by atoms with van der Waals surface area (Å²) in [5.74, 6) is 27.3. The normalized spacial score (nSPS) is 12.8. The first kappa shape index (κ1) is 79.6. The number of aryl methyl sites for hydroxylation is 4. The van der Waals surface area contributed by atoms with Crippen LogP contribution < -0.4 is 30.2 Å². The molecule has 4 aromatic carbocycles. The predicted molar refractivity (Wildman–Crippen MR) is 387 cm³/mol. The van der Waals surface area contributed by atoms with E-state index in [1.807, 2.05) is 118 Å². The Hall–Kier alpha value is -11.4. The van der Waals surface area contributed by atoms with Crippen LogP contribution in [0.25, 0.3) is 0 Å². The number of aromatic nitrogens is 4. The van der Waals surface area contributed by atoms with Crippen LogP contribution in [0.15, 0.2) is 146 Å². The number of nitrogens with one attached hydrogen (secondary N) is 3. The van der Waals surface area contributed by atoms with E-state index >= 15 is 0 Å². The fourth-order valence-corrected chi connectivity index (χ4v) is 10.3. The second-order valence-corrected chi connectivity index (χ2v) is 23.1. The topological polar surface area (TPSA) is 246 Å². The van der Waals surface area contributed by atoms with Gasteiger partial charge in [-0.1, -0.05) is 72.0 Å². The van der Waals surface area contributed by atoms with Gasteiger partial charge in [0.25, 0.3) is 0 Å². The van der Waals surface area contributed by atoms with Crippen molar-refractivity contribution in [3.8, 4) is 64.6 Å². The minimum absolute atomic E-state index is 0.222. The zero-order valence-electron chi connectivity index (χ0n) is 59.3. The first-order valence-electron chi connectivity index (χ1n) is 33.1. The second-order valence-electron chi connectivity index (χ2n) is 23.1. The summed E-state index contributed by atoms with van der Waals surface area (Å²) in [4.78, 5) is 83.3. The maximum atomic E-state index is 12.9. The van der Waals surface area contributed by atoms with Crippen molar-refractivity contribution in [2.45, 2.75) is 53.8 Å². The van der Waals surface area contributed by atoms with E-state index < -0.39 is 11.9 Å². The number of pyridine rings is 4. The van der Waals surface area contributed by atoms with Gasteiger partial charge in [-0.3, -0.25) is 24.7 Å². The lowest BCUT2D eigenvalue weighted by molar-refractivity contribution is -0.193. The summed E-state index contributed by atoms with van der Waals surface area (Å²) in [6.07, 6.45) is 1.22. The number of carbonyl (C=O) groups excluding carboxylic acids is 6. The van der Waals surface area contributed by atoms with Crippen LogP contribution in [0.3, 0.4) is 0 Å². The van der Waals surface area contributed by atoms with Gasteiger partial charge < -0.3 is 39.6 Å². The van der Waals surface area contributed by atoms with Crippen LogP contribution in [0.1, 0.15) is 112 Å². The fourth-order valence-electron chi connectivity index (χ4n) is 10.3. The fraction of sp³-hybridized carbons (Fsp3) is 0.309. The molecule has 2 aliphatic rings. The molecule has 0 amide bonds. The number of esters is 2. The van der Waals surface area contributed by atoms with Crippen LogP contribution in [0.5, 0.6) is 17.2 Å². The quantitative estimate of drug-likeness (QED) is 0.0773. The van der Waals surface area contributed by atoms with E-state index in [0.29, 0.717) is 25.2 Å². The smallest absolute Gasteiger partial charge is 0.373 e. The van der Waals surface area contributed by atoms with Crippen LogP contribution in [0, 0.1) is 68.1 Å². The average Bonchev–Trinajstić information content (AvgIpc) is 1.07. The number of nitrogens with zero attached hydrogens (tertiary/aromatic N) is 7. The first-order valence-corrected chi connectivity index (χ1v) is 33.1. The molecule has 2 aliphatic heterocycles. The number of hydrogen-bond acceptors (Lipinski definition) is 21. The standard InChI is InChI=1S/C55H54N6O4.C18H17NO3.C6H15N3.2CO2/c1-40-7-9-43(10-8-40)11-14-46-31-41(2)56-49(33-46)37-59-25-26-60(38-50-34-47(32-42(3)57-50)15-12-44-17-21-52(63-4)22-18-44)28-30-61(29-27-59)39-51-35-48(36-54(58-51)55(62)65-6)16-13-45-19-23-53(64-5)24-20-45;1-4-15-11-14(12-17(19-15)18(20)22-3)6-5-13-7-9-16(21-2)10-8-13;1-2-8-5-6-9-4-3-7-1;2*2-1-3/h7-10,17-24,31-36H,25-30,37-39H2,1-6H3;7-12H,4H2,1-3H3;7-9H,1-6H2;;. The second kappa shape index (κ2) is 44.6. The van der Waals surface area contributed by atoms with Crippen molar-refractivity contribution in [1.29, 1.82) is 0 Å². The monoisotopic (exact) mass is 1370 g/mol. The summed E-state index contributed by atoms with van der Waals surface area (Å²) in [6.45, 7) is 21.3. The highest BCUT2D eigenvalue weighted by Crippen LogP contribution is 2.19. The average molecular weight is 1380 g/mol. The number of methoxy groups -OCH3 is 5. The Labute approximate surface area is 598 Å². The molecule has 0 spiro atoms. The Bertz CT molecular complexity index is 4300. The van der Waals surface area contributed by atoms with Crippen molar-refractivity contribution >= 4 is 24.2 Å². The lowest BCUT2D eigenvalue weighted by Gasteiger charge is -2.25. The Balaban J connectivity index is 0.000000358. The lowest BCUT2D eigenvalue weighted by Crippen LogP contribution is -2.36. The van der Waals surface area contributed by atoms with Crippen LogP contribution >= 0.6 is 0 Å². The summed E-state index contributed by atoms with van der Waals surface area (Å²) >= 11 is 0. The third-order valence-electron chi connectivity index (χ3n) is 15.4. The van der Waals surface area contributed by atoms with E-state index in [4.69, 9.17) is 57.8 Å². The lowest BCUT2D eigenvalue weighted by atomic mass is 10.1. The maximum absolute atomic E-state index is 12.9. The van der Waals surface area contributed by atoms with Crippen molar-refractivity contribution in [2.75, 3.05) is 114 Å². The molecule has 3 N–H and O–H groups in total. The molecule has 6 heterocycles. The van der Waals surface area contributed by atoms with E-state index in [2.05, 4.69) is 126 Å². The van der Waals surface area contributed by atoms with Gasteiger partial charge in [-0.25, -0.2) is 19.6 Å². The van der Waals surface area contributed by atoms with Crippen LogP contribution in [-0.2, 0) is 54.7 Å². The molecule has 4 aromatic heterocycles. The highest BCUT2D eigenvalue weighted by atomic mass is 16.5. The van der Waals surface area contributed by atoms with Gasteiger partial charge in [0.15, 0.2) is 0 Å². The van der Waals surface area contributed by atoms with Crippen molar-refractivity contribution in [1.82, 2.24) is 50.6 Å². The molecule has 2 fully saturated rings. The molecule has 21 nitrogen and oxygen atoms in total. The molecule has 10 rings (SSSR count). The summed E-state index contributed by atoms with van der Waals surface area (Å²) in [5.41, 5.74) is 13.9. The predicted octanol–water partition coefficient (Wildman–Crippen LogP) is 8.06. The molecule has 2 saturated heterocycles. The Morgan fingerprint density at radius 2 is 0.618 bits per heavy atom. The van der Waals surface area contributed by atoms with Crippen molar-refractivity contribution < 1.29 is 52.5 Å². The molecule has 0 unspecified atom stereocenters. The van der Waals surface area contributed by atoms with Gasteiger partial charge in [-0.05, 0) is 161 Å². The van der Waals surface area contributed by atoms with Crippen LogP contribution in [0.4, 0.5) is 0 Å². The Morgan fingerprint density at radius 1 is 0.363 bits per heavy atom. The van der Waals surface area contributed by atoms with E-state index in [1.54, 1.807) is 33.5 Å². The van der Waals surface area contributed by atoms with Crippen molar-refractivity contribution in [3.05, 3.63) is 241 Å². The molecule has 0 saturated carbocycles. The zero-order chi connectivity index (χ0) is 73.3. The van der Waals surface area contributed by atoms with Crippen molar-refractivity contribution in [2.24, 2.45) is 0 Å². The molecule has 21 heteroatoms. The zero-order valence-corrected chi connectivity index (χ0v) is 59.3. The van der Waals surface area contributed by atoms with Crippen molar-refractivity contribution in [3.63, 3.8) is 0 Å². The number of hydrogen-bond donors (Lipinski definition) is 3. The summed E-state index contributed by atoms with van der Waals surface area (Å²) < 4.78 is 25.6. The number of rotatable bonds is 12. The van der Waals surface area contributed by atoms with Gasteiger partial charge >= 0.3 is 24.2 Å². The molecular weight excluding hydrogens is 1290 g/mol.